The molecule has 0 saturated heterocycles. The lowest BCUT2D eigenvalue weighted by Gasteiger charge is -2.03. The molecule has 0 aliphatic rings. The van der Waals surface area contributed by atoms with Gasteiger partial charge in [-0.3, -0.25) is 15.1 Å². The number of rotatable bonds is 3. The van der Waals surface area contributed by atoms with Crippen molar-refractivity contribution in [3.63, 3.8) is 0 Å². The molecule has 0 atom stereocenters. The van der Waals surface area contributed by atoms with Gasteiger partial charge in [-0.25, -0.2) is 4.98 Å². The number of hydrogen-bond acceptors (Lipinski definition) is 5. The average Bonchev–Trinajstić information content (AvgIpc) is 3.43. The summed E-state index contributed by atoms with van der Waals surface area (Å²) >= 11 is 0. The number of nitrogens with two attached hydrogens (primary N) is 1. The monoisotopic (exact) mass is 403 g/mol. The van der Waals surface area contributed by atoms with E-state index >= 15 is 0 Å². The molecule has 7 heteroatoms. The van der Waals surface area contributed by atoms with Gasteiger partial charge in [0, 0.05) is 35.1 Å². The fourth-order valence-corrected chi connectivity index (χ4v) is 3.86. The second-order valence-corrected chi connectivity index (χ2v) is 7.34. The van der Waals surface area contributed by atoms with Crippen LogP contribution in [0.15, 0.2) is 79.3 Å². The van der Waals surface area contributed by atoms with Crippen LogP contribution in [0.3, 0.4) is 0 Å². The number of nitrogens with one attached hydrogen (secondary N) is 2. The van der Waals surface area contributed by atoms with E-state index in [1.807, 2.05) is 54.6 Å². The van der Waals surface area contributed by atoms with Crippen LogP contribution in [0, 0.1) is 0 Å². The summed E-state index contributed by atoms with van der Waals surface area (Å²) in [6.45, 7) is 0. The van der Waals surface area contributed by atoms with Crippen LogP contribution in [-0.4, -0.2) is 30.1 Å². The molecule has 148 valence electrons. The van der Waals surface area contributed by atoms with Crippen molar-refractivity contribution in [2.75, 3.05) is 5.73 Å². The minimum atomic E-state index is 0.629. The van der Waals surface area contributed by atoms with Gasteiger partial charge in [-0.1, -0.05) is 24.3 Å². The number of H-pyrrole nitrogens is 2. The summed E-state index contributed by atoms with van der Waals surface area (Å²) in [7, 11) is 0. The van der Waals surface area contributed by atoms with E-state index < -0.39 is 0 Å². The lowest BCUT2D eigenvalue weighted by molar-refractivity contribution is 1.11. The normalized spacial score (nSPS) is 11.4. The number of hydrogen-bond donors (Lipinski definition) is 3. The van der Waals surface area contributed by atoms with Crippen molar-refractivity contribution >= 4 is 27.6 Å². The van der Waals surface area contributed by atoms with E-state index in [1.54, 1.807) is 18.6 Å². The second kappa shape index (κ2) is 6.77. The lowest BCUT2D eigenvalue weighted by Crippen LogP contribution is -1.88. The van der Waals surface area contributed by atoms with Gasteiger partial charge in [0.25, 0.3) is 0 Å². The van der Waals surface area contributed by atoms with E-state index in [1.165, 1.54) is 0 Å². The number of imidazole rings is 1. The molecule has 4 N–H and O–H groups in total. The van der Waals surface area contributed by atoms with Crippen molar-refractivity contribution in [2.24, 2.45) is 0 Å². The number of benzene rings is 2. The molecule has 4 aromatic heterocycles. The summed E-state index contributed by atoms with van der Waals surface area (Å²) in [5.41, 5.74) is 13.9. The van der Waals surface area contributed by atoms with E-state index in [9.17, 15) is 0 Å². The maximum absolute atomic E-state index is 5.91. The van der Waals surface area contributed by atoms with Crippen LogP contribution in [0.5, 0.6) is 0 Å². The van der Waals surface area contributed by atoms with Crippen LogP contribution in [0.4, 0.5) is 5.69 Å². The summed E-state index contributed by atoms with van der Waals surface area (Å²) in [6, 6.07) is 19.9. The Labute approximate surface area is 177 Å². The maximum atomic E-state index is 5.91. The molecule has 4 heterocycles. The minimum absolute atomic E-state index is 0.629. The predicted octanol–water partition coefficient (Wildman–Crippen LogP) is 4.81. The zero-order valence-electron chi connectivity index (χ0n) is 16.4. The number of nitrogen functional groups attached to an aromatic ring is 1. The summed E-state index contributed by atoms with van der Waals surface area (Å²) in [5.74, 6) is 0.701. The first kappa shape index (κ1) is 17.3. The van der Waals surface area contributed by atoms with Gasteiger partial charge in [0.2, 0.25) is 0 Å². The number of para-hydroxylation sites is 1. The molecule has 0 bridgehead atoms. The second-order valence-electron chi connectivity index (χ2n) is 7.34. The molecule has 2 aromatic carbocycles. The lowest BCUT2D eigenvalue weighted by atomic mass is 10.0. The third kappa shape index (κ3) is 2.91. The van der Waals surface area contributed by atoms with E-state index in [2.05, 4.69) is 31.2 Å². The summed E-state index contributed by atoms with van der Waals surface area (Å²) in [4.78, 5) is 17.0. The molecule has 31 heavy (non-hydrogen) atoms. The molecule has 7 nitrogen and oxygen atoms in total. The first-order valence-electron chi connectivity index (χ1n) is 9.86. The third-order valence-corrected chi connectivity index (χ3v) is 5.33. The number of fused-ring (bicyclic) bond motifs is 2. The van der Waals surface area contributed by atoms with Crippen LogP contribution in [0.25, 0.3) is 55.8 Å². The highest BCUT2D eigenvalue weighted by atomic mass is 15.1. The Balaban J connectivity index is 1.51. The average molecular weight is 403 g/mol. The fraction of sp³-hybridized carbons (Fsp3) is 0. The smallest absolute Gasteiger partial charge is 0.159 e. The Bertz CT molecular complexity index is 1550. The molecular formula is C24H17N7. The van der Waals surface area contributed by atoms with Gasteiger partial charge in [0.15, 0.2) is 5.82 Å². The van der Waals surface area contributed by atoms with Crippen molar-refractivity contribution in [3.8, 4) is 33.9 Å². The molecule has 6 rings (SSSR count). The largest absolute Gasteiger partial charge is 0.397 e. The molecular weight excluding hydrogens is 386 g/mol. The zero-order chi connectivity index (χ0) is 20.8. The van der Waals surface area contributed by atoms with E-state index in [4.69, 9.17) is 10.7 Å². The number of aromatic nitrogens is 6. The minimum Gasteiger partial charge on any atom is -0.397 e. The van der Waals surface area contributed by atoms with Crippen LogP contribution < -0.4 is 5.73 Å². The molecule has 0 aliphatic carbocycles. The number of anilines is 1. The SMILES string of the molecule is Nc1cncc(-c2ccc3[nH]nc(-c4nc5c(-c6ccccn6)cccc5[nH]4)c3c2)c1. The molecule has 0 unspecified atom stereocenters. The van der Waals surface area contributed by atoms with Gasteiger partial charge in [-0.15, -0.1) is 0 Å². The Morgan fingerprint density at radius 1 is 0.839 bits per heavy atom. The molecule has 0 radical (unpaired) electrons. The number of aromatic amines is 2. The van der Waals surface area contributed by atoms with Gasteiger partial charge in [0.05, 0.1) is 27.9 Å². The van der Waals surface area contributed by atoms with E-state index in [0.717, 1.165) is 50.0 Å². The molecule has 0 amide bonds. The third-order valence-electron chi connectivity index (χ3n) is 5.33. The summed E-state index contributed by atoms with van der Waals surface area (Å²) in [6.07, 6.45) is 5.23. The number of nitrogens with zero attached hydrogens (tertiary/aromatic N) is 4. The Hall–Kier alpha value is -4.52. The quantitative estimate of drug-likeness (QED) is 0.393. The van der Waals surface area contributed by atoms with E-state index in [-0.39, 0.29) is 0 Å². The predicted molar refractivity (Wildman–Crippen MR) is 122 cm³/mol. The Morgan fingerprint density at radius 3 is 2.68 bits per heavy atom. The van der Waals surface area contributed by atoms with Gasteiger partial charge >= 0.3 is 0 Å². The van der Waals surface area contributed by atoms with Gasteiger partial charge in [0.1, 0.15) is 5.69 Å². The standard InChI is InChI=1S/C24H17N7/c25-16-10-15(12-26-13-16)14-7-8-20-18(11-14)23(31-30-20)24-28-21-6-3-4-17(22(21)29-24)19-5-1-2-9-27-19/h1-13H,25H2,(H,28,29)(H,30,31). The summed E-state index contributed by atoms with van der Waals surface area (Å²) in [5, 5.41) is 8.62. The molecule has 0 aliphatic heterocycles. The topological polar surface area (TPSA) is 109 Å². The van der Waals surface area contributed by atoms with E-state index in [0.29, 0.717) is 11.5 Å². The highest BCUT2D eigenvalue weighted by molar-refractivity contribution is 5.98. The van der Waals surface area contributed by atoms with Crippen molar-refractivity contribution in [1.29, 1.82) is 0 Å². The maximum Gasteiger partial charge on any atom is 0.159 e. The first-order chi connectivity index (χ1) is 15.3. The zero-order valence-corrected chi connectivity index (χ0v) is 16.4. The van der Waals surface area contributed by atoms with Gasteiger partial charge in [-0.2, -0.15) is 5.10 Å². The van der Waals surface area contributed by atoms with Crippen molar-refractivity contribution < 1.29 is 0 Å². The Kier molecular flexibility index (Phi) is 3.79. The first-order valence-corrected chi connectivity index (χ1v) is 9.86. The van der Waals surface area contributed by atoms with Crippen LogP contribution in [-0.2, 0) is 0 Å². The van der Waals surface area contributed by atoms with Crippen LogP contribution >= 0.6 is 0 Å². The van der Waals surface area contributed by atoms with Crippen LogP contribution in [0.2, 0.25) is 0 Å². The molecule has 0 spiro atoms. The van der Waals surface area contributed by atoms with Crippen LogP contribution in [0.1, 0.15) is 0 Å². The molecule has 6 aromatic rings. The fourth-order valence-electron chi connectivity index (χ4n) is 3.86. The van der Waals surface area contributed by atoms with Gasteiger partial charge in [-0.05, 0) is 42.0 Å². The van der Waals surface area contributed by atoms with Crippen molar-refractivity contribution in [3.05, 3.63) is 79.3 Å². The van der Waals surface area contributed by atoms with Crippen molar-refractivity contribution in [2.45, 2.75) is 0 Å². The molecule has 0 saturated carbocycles. The van der Waals surface area contributed by atoms with Gasteiger partial charge < -0.3 is 10.7 Å². The highest BCUT2D eigenvalue weighted by Gasteiger charge is 2.16. The highest BCUT2D eigenvalue weighted by Crippen LogP contribution is 2.32. The Morgan fingerprint density at radius 2 is 1.81 bits per heavy atom. The number of pyridine rings is 2. The summed E-state index contributed by atoms with van der Waals surface area (Å²) < 4.78 is 0. The molecule has 0 fully saturated rings. The van der Waals surface area contributed by atoms with Crippen molar-refractivity contribution in [1.82, 2.24) is 30.1 Å².